The van der Waals surface area contributed by atoms with Crippen LogP contribution in [0.5, 0.6) is 5.75 Å². The van der Waals surface area contributed by atoms with Crippen molar-refractivity contribution in [3.8, 4) is 5.75 Å². The van der Waals surface area contributed by atoms with Crippen LogP contribution in [0.3, 0.4) is 0 Å². The van der Waals surface area contributed by atoms with Gasteiger partial charge < -0.3 is 15.0 Å². The molecule has 218 valence electrons. The van der Waals surface area contributed by atoms with E-state index < -0.39 is 11.7 Å². The van der Waals surface area contributed by atoms with Gasteiger partial charge in [-0.2, -0.15) is 13.2 Å². The molecule has 1 atom stereocenters. The second-order valence-electron chi connectivity index (χ2n) is 12.3. The second-order valence-corrected chi connectivity index (χ2v) is 12.3. The molecule has 0 amide bonds. The second kappa shape index (κ2) is 12.2. The fourth-order valence-electron chi connectivity index (χ4n) is 5.62. The number of likely N-dealkylation sites (tertiary alicyclic amines) is 1. The molecule has 1 N–H and O–H groups in total. The van der Waals surface area contributed by atoms with E-state index in [4.69, 9.17) is 4.74 Å². The van der Waals surface area contributed by atoms with Gasteiger partial charge in [0.1, 0.15) is 11.5 Å². The van der Waals surface area contributed by atoms with Crippen LogP contribution in [-0.2, 0) is 11.6 Å². The van der Waals surface area contributed by atoms with E-state index in [1.807, 2.05) is 31.2 Å². The number of anilines is 1. The SMILES string of the molecule is C=C(Oc1ccc(C(C)(CC)C(=C)C)cc1)c1cc(NC(=C)N2CCC(C)(CC(C)C)CC2)cc(C(F)(F)F)c1. The predicted octanol–water partition coefficient (Wildman–Crippen LogP) is 10.0. The molecule has 1 aliphatic rings. The first-order valence-electron chi connectivity index (χ1n) is 14.1. The summed E-state index contributed by atoms with van der Waals surface area (Å²) in [6.07, 6.45) is -0.421. The minimum absolute atomic E-state index is 0.132. The van der Waals surface area contributed by atoms with Crippen LogP contribution in [0.1, 0.15) is 83.9 Å². The minimum Gasteiger partial charge on any atom is -0.457 e. The third kappa shape index (κ3) is 7.52. The Kier molecular flexibility index (Phi) is 9.54. The quantitative estimate of drug-likeness (QED) is 0.221. The van der Waals surface area contributed by atoms with Gasteiger partial charge in [-0.05, 0) is 79.8 Å². The number of hydrogen-bond acceptors (Lipinski definition) is 3. The molecular weight excluding hydrogens is 509 g/mol. The summed E-state index contributed by atoms with van der Waals surface area (Å²) in [5, 5.41) is 3.12. The number of rotatable bonds is 11. The van der Waals surface area contributed by atoms with E-state index in [0.29, 0.717) is 23.2 Å². The summed E-state index contributed by atoms with van der Waals surface area (Å²) in [6.45, 7) is 26.9. The molecule has 40 heavy (non-hydrogen) atoms. The van der Waals surface area contributed by atoms with Gasteiger partial charge in [0.05, 0.1) is 11.4 Å². The van der Waals surface area contributed by atoms with Crippen molar-refractivity contribution in [1.29, 1.82) is 0 Å². The molecule has 2 aromatic rings. The predicted molar refractivity (Wildman–Crippen MR) is 161 cm³/mol. The monoisotopic (exact) mass is 554 g/mol. The van der Waals surface area contributed by atoms with Crippen LogP contribution < -0.4 is 10.1 Å². The molecule has 1 aliphatic heterocycles. The van der Waals surface area contributed by atoms with Gasteiger partial charge in [0.25, 0.3) is 0 Å². The first-order valence-corrected chi connectivity index (χ1v) is 14.1. The summed E-state index contributed by atoms with van der Waals surface area (Å²) in [5.41, 5.74) is 2.05. The van der Waals surface area contributed by atoms with E-state index in [-0.39, 0.29) is 22.2 Å². The molecule has 0 spiro atoms. The van der Waals surface area contributed by atoms with E-state index in [0.717, 1.165) is 62.0 Å². The lowest BCUT2D eigenvalue weighted by molar-refractivity contribution is -0.137. The topological polar surface area (TPSA) is 24.5 Å². The molecule has 2 aromatic carbocycles. The van der Waals surface area contributed by atoms with Gasteiger partial charge in [0, 0.05) is 29.8 Å². The number of ether oxygens (including phenoxy) is 1. The molecule has 1 heterocycles. The lowest BCUT2D eigenvalue weighted by Gasteiger charge is -2.42. The van der Waals surface area contributed by atoms with Crippen LogP contribution in [0.2, 0.25) is 0 Å². The van der Waals surface area contributed by atoms with Gasteiger partial charge in [-0.25, -0.2) is 0 Å². The number of nitrogens with one attached hydrogen (secondary N) is 1. The lowest BCUT2D eigenvalue weighted by atomic mass is 9.74. The Balaban J connectivity index is 1.77. The fraction of sp³-hybridized carbons (Fsp3) is 0.471. The van der Waals surface area contributed by atoms with Gasteiger partial charge in [-0.1, -0.05) is 72.1 Å². The number of nitrogens with zero attached hydrogens (tertiary/aromatic N) is 1. The summed E-state index contributed by atoms with van der Waals surface area (Å²) in [4.78, 5) is 2.11. The lowest BCUT2D eigenvalue weighted by Crippen LogP contribution is -2.40. The number of alkyl halides is 3. The Labute approximate surface area is 238 Å². The first-order chi connectivity index (χ1) is 18.6. The molecule has 0 aromatic heterocycles. The maximum Gasteiger partial charge on any atom is 0.416 e. The third-order valence-electron chi connectivity index (χ3n) is 8.51. The summed E-state index contributed by atoms with van der Waals surface area (Å²) in [5.74, 6) is 1.86. The number of benzene rings is 2. The molecule has 1 fully saturated rings. The van der Waals surface area contributed by atoms with Crippen LogP contribution in [0.15, 0.2) is 73.6 Å². The molecule has 0 aliphatic carbocycles. The van der Waals surface area contributed by atoms with Crippen molar-refractivity contribution in [3.05, 3.63) is 90.3 Å². The first kappa shape index (κ1) is 31.4. The maximum absolute atomic E-state index is 13.8. The van der Waals surface area contributed by atoms with Gasteiger partial charge in [0.2, 0.25) is 0 Å². The Morgan fingerprint density at radius 1 is 1.02 bits per heavy atom. The zero-order valence-corrected chi connectivity index (χ0v) is 25.0. The van der Waals surface area contributed by atoms with Crippen molar-refractivity contribution in [2.45, 2.75) is 78.8 Å². The van der Waals surface area contributed by atoms with Crippen molar-refractivity contribution in [1.82, 2.24) is 4.90 Å². The van der Waals surface area contributed by atoms with Gasteiger partial charge >= 0.3 is 6.18 Å². The minimum atomic E-state index is -4.52. The summed E-state index contributed by atoms with van der Waals surface area (Å²) in [6, 6.07) is 11.4. The van der Waals surface area contributed by atoms with Crippen molar-refractivity contribution in [2.24, 2.45) is 11.3 Å². The normalized spacial score (nSPS) is 16.8. The highest BCUT2D eigenvalue weighted by Crippen LogP contribution is 2.39. The van der Waals surface area contributed by atoms with E-state index >= 15 is 0 Å². The van der Waals surface area contributed by atoms with Crippen LogP contribution in [-0.4, -0.2) is 18.0 Å². The maximum atomic E-state index is 13.8. The Morgan fingerprint density at radius 2 is 1.62 bits per heavy atom. The van der Waals surface area contributed by atoms with E-state index in [2.05, 4.69) is 64.6 Å². The molecule has 1 saturated heterocycles. The molecular formula is C34H45F3N2O. The number of hydrogen-bond donors (Lipinski definition) is 1. The van der Waals surface area contributed by atoms with Crippen LogP contribution in [0.4, 0.5) is 18.9 Å². The van der Waals surface area contributed by atoms with Crippen molar-refractivity contribution in [2.75, 3.05) is 18.4 Å². The molecule has 0 bridgehead atoms. The van der Waals surface area contributed by atoms with Gasteiger partial charge in [-0.3, -0.25) is 0 Å². The smallest absolute Gasteiger partial charge is 0.416 e. The average Bonchev–Trinajstić information content (AvgIpc) is 2.87. The van der Waals surface area contributed by atoms with Crippen LogP contribution in [0.25, 0.3) is 5.76 Å². The zero-order chi connectivity index (χ0) is 29.9. The third-order valence-corrected chi connectivity index (χ3v) is 8.51. The highest BCUT2D eigenvalue weighted by Gasteiger charge is 2.33. The highest BCUT2D eigenvalue weighted by atomic mass is 19.4. The van der Waals surface area contributed by atoms with E-state index in [1.165, 1.54) is 0 Å². The molecule has 3 rings (SSSR count). The number of halogens is 3. The zero-order valence-electron chi connectivity index (χ0n) is 25.0. The number of allylic oxidation sites excluding steroid dienone is 1. The van der Waals surface area contributed by atoms with Crippen LogP contribution in [0, 0.1) is 11.3 Å². The van der Waals surface area contributed by atoms with Gasteiger partial charge in [0.15, 0.2) is 0 Å². The van der Waals surface area contributed by atoms with Crippen molar-refractivity contribution in [3.63, 3.8) is 0 Å². The van der Waals surface area contributed by atoms with Crippen molar-refractivity contribution >= 4 is 11.4 Å². The molecule has 0 radical (unpaired) electrons. The van der Waals surface area contributed by atoms with E-state index in [1.54, 1.807) is 6.07 Å². The van der Waals surface area contributed by atoms with Gasteiger partial charge in [-0.15, -0.1) is 0 Å². The molecule has 0 saturated carbocycles. The summed E-state index contributed by atoms with van der Waals surface area (Å²) < 4.78 is 47.4. The highest BCUT2D eigenvalue weighted by molar-refractivity contribution is 5.67. The van der Waals surface area contributed by atoms with E-state index in [9.17, 15) is 13.2 Å². The Morgan fingerprint density at radius 3 is 2.12 bits per heavy atom. The fourth-order valence-corrected chi connectivity index (χ4v) is 5.62. The average molecular weight is 555 g/mol. The standard InChI is InChI=1S/C34H45F3N2O/c1-10-33(9,24(4)5)28-11-13-31(14-12-28)40-25(6)27-19-29(34(35,36)37)21-30(20-27)38-26(7)39-17-15-32(8,16-18-39)22-23(2)3/h11-14,19-21,23,38H,4,6-7,10,15-18,22H2,1-3,5,8-9H3. The van der Waals surface area contributed by atoms with Crippen LogP contribution >= 0.6 is 0 Å². The Bertz CT molecular complexity index is 1220. The summed E-state index contributed by atoms with van der Waals surface area (Å²) in [7, 11) is 0. The Hall–Kier alpha value is -3.15. The van der Waals surface area contributed by atoms with Crippen molar-refractivity contribution < 1.29 is 17.9 Å². The molecule has 6 heteroatoms. The number of piperidine rings is 1. The largest absolute Gasteiger partial charge is 0.457 e. The summed E-state index contributed by atoms with van der Waals surface area (Å²) >= 11 is 0. The molecule has 1 unspecified atom stereocenters. The molecule has 3 nitrogen and oxygen atoms in total.